The lowest BCUT2D eigenvalue weighted by Crippen LogP contribution is -2.19. The Hall–Kier alpha value is -2.36. The summed E-state index contributed by atoms with van der Waals surface area (Å²) in [7, 11) is 0. The summed E-state index contributed by atoms with van der Waals surface area (Å²) in [5.41, 5.74) is 4.10. The highest BCUT2D eigenvalue weighted by Gasteiger charge is 2.30. The smallest absolute Gasteiger partial charge is 0.248 e. The summed E-state index contributed by atoms with van der Waals surface area (Å²) >= 11 is 0. The molecular weight excluding hydrogens is 244 g/mol. The number of hydrogen-bond donors (Lipinski definition) is 0. The van der Waals surface area contributed by atoms with Crippen molar-refractivity contribution < 1.29 is 19.4 Å². The highest BCUT2D eigenvalue weighted by molar-refractivity contribution is 5.85. The van der Waals surface area contributed by atoms with Crippen molar-refractivity contribution >= 4 is 11.9 Å². The molecule has 4 nitrogen and oxygen atoms in total. The molecule has 3 aliphatic rings. The number of carbonyl (C=O) groups is 2. The van der Waals surface area contributed by atoms with Crippen LogP contribution in [0.3, 0.4) is 0 Å². The van der Waals surface area contributed by atoms with E-state index in [2.05, 4.69) is 9.78 Å². The van der Waals surface area contributed by atoms with E-state index in [4.69, 9.17) is 0 Å². The molecule has 3 aliphatic carbocycles. The summed E-state index contributed by atoms with van der Waals surface area (Å²) < 4.78 is 0. The van der Waals surface area contributed by atoms with Crippen molar-refractivity contribution in [1.29, 1.82) is 0 Å². The summed E-state index contributed by atoms with van der Waals surface area (Å²) in [6.07, 6.45) is 0.545. The van der Waals surface area contributed by atoms with Crippen molar-refractivity contribution in [3.63, 3.8) is 0 Å². The molecule has 4 heteroatoms. The molecule has 1 atom stereocenters. The van der Waals surface area contributed by atoms with Crippen molar-refractivity contribution in [3.8, 4) is 11.1 Å². The standard InChI is InChI=1S/C15H12O4/c1-9(16)18-19-15(17)14-8-10-2-4-11-5-7-13(14)12(11)6-3-10/h2-7,14H,8H2,1H3. The minimum Gasteiger partial charge on any atom is -0.248 e. The molecule has 0 aromatic heterocycles. The Morgan fingerprint density at radius 2 is 1.79 bits per heavy atom. The minimum absolute atomic E-state index is 0.432. The zero-order valence-corrected chi connectivity index (χ0v) is 10.4. The summed E-state index contributed by atoms with van der Waals surface area (Å²) in [6, 6.07) is 12.0. The van der Waals surface area contributed by atoms with Gasteiger partial charge in [0.05, 0.1) is 5.92 Å². The SMILES string of the molecule is CC(=O)OOC(=O)C1Cc2ccc3ccc1c-3cc2. The van der Waals surface area contributed by atoms with Crippen molar-refractivity contribution in [2.75, 3.05) is 0 Å². The molecule has 0 N–H and O–H groups in total. The summed E-state index contributed by atoms with van der Waals surface area (Å²) in [6.45, 7) is 1.19. The van der Waals surface area contributed by atoms with Gasteiger partial charge < -0.3 is 0 Å². The molecule has 1 unspecified atom stereocenters. The van der Waals surface area contributed by atoms with E-state index in [1.54, 1.807) is 0 Å². The van der Waals surface area contributed by atoms with E-state index >= 15 is 0 Å². The van der Waals surface area contributed by atoms with Gasteiger partial charge >= 0.3 is 11.9 Å². The molecule has 0 radical (unpaired) electrons. The fourth-order valence-corrected chi connectivity index (χ4v) is 2.46. The average Bonchev–Trinajstić information content (AvgIpc) is 2.59. The van der Waals surface area contributed by atoms with Gasteiger partial charge in [-0.15, -0.1) is 0 Å². The Balaban J connectivity index is 1.94. The second-order valence-corrected chi connectivity index (χ2v) is 4.63. The molecule has 0 aromatic carbocycles. The Bertz CT molecular complexity index is 628. The van der Waals surface area contributed by atoms with E-state index < -0.39 is 17.9 Å². The van der Waals surface area contributed by atoms with E-state index in [1.807, 2.05) is 36.4 Å². The predicted molar refractivity (Wildman–Crippen MR) is 67.4 cm³/mol. The quantitative estimate of drug-likeness (QED) is 0.581. The van der Waals surface area contributed by atoms with Crippen LogP contribution in [-0.2, 0) is 25.8 Å². The molecule has 0 amide bonds. The normalized spacial score (nSPS) is 16.4. The largest absolute Gasteiger partial charge is 0.363 e. The Labute approximate surface area is 110 Å². The van der Waals surface area contributed by atoms with Crippen molar-refractivity contribution in [2.45, 2.75) is 19.3 Å². The van der Waals surface area contributed by atoms with Crippen LogP contribution in [0.1, 0.15) is 24.0 Å². The van der Waals surface area contributed by atoms with E-state index in [0.717, 1.165) is 22.3 Å². The Kier molecular flexibility index (Phi) is 2.71. The molecular formula is C15H12O4. The molecule has 0 saturated heterocycles. The Morgan fingerprint density at radius 3 is 2.58 bits per heavy atom. The third kappa shape index (κ3) is 2.05. The lowest BCUT2D eigenvalue weighted by molar-refractivity contribution is -0.258. The molecule has 96 valence electrons. The van der Waals surface area contributed by atoms with E-state index in [0.29, 0.717) is 6.42 Å². The van der Waals surface area contributed by atoms with Crippen LogP contribution in [0, 0.1) is 0 Å². The number of carbonyl (C=O) groups excluding carboxylic acids is 2. The van der Waals surface area contributed by atoms with E-state index in [9.17, 15) is 9.59 Å². The molecule has 0 aromatic rings. The van der Waals surface area contributed by atoms with Crippen molar-refractivity contribution in [3.05, 3.63) is 47.5 Å². The fourth-order valence-electron chi connectivity index (χ4n) is 2.46. The van der Waals surface area contributed by atoms with Gasteiger partial charge in [0.2, 0.25) is 0 Å². The van der Waals surface area contributed by atoms with Crippen molar-refractivity contribution in [2.24, 2.45) is 0 Å². The van der Waals surface area contributed by atoms with Gasteiger partial charge in [0.25, 0.3) is 0 Å². The zero-order chi connectivity index (χ0) is 13.4. The molecule has 0 aliphatic heterocycles. The fraction of sp³-hybridized carbons (Fsp3) is 0.200. The van der Waals surface area contributed by atoms with Crippen LogP contribution in [0.15, 0.2) is 36.4 Å². The minimum atomic E-state index is -0.639. The molecule has 0 spiro atoms. The Morgan fingerprint density at radius 1 is 1.05 bits per heavy atom. The predicted octanol–water partition coefficient (Wildman–Crippen LogP) is 2.45. The maximum atomic E-state index is 12.0. The first-order valence-corrected chi connectivity index (χ1v) is 6.05. The monoisotopic (exact) mass is 256 g/mol. The summed E-state index contributed by atoms with van der Waals surface area (Å²) in [5.74, 6) is -1.61. The maximum Gasteiger partial charge on any atom is 0.363 e. The van der Waals surface area contributed by atoms with Gasteiger partial charge in [-0.3, -0.25) is 0 Å². The van der Waals surface area contributed by atoms with Crippen molar-refractivity contribution in [1.82, 2.24) is 0 Å². The highest BCUT2D eigenvalue weighted by Crippen LogP contribution is 2.37. The third-order valence-corrected chi connectivity index (χ3v) is 3.35. The van der Waals surface area contributed by atoms with Crippen LogP contribution in [0.4, 0.5) is 0 Å². The van der Waals surface area contributed by atoms with Crippen LogP contribution >= 0.6 is 0 Å². The van der Waals surface area contributed by atoms with Gasteiger partial charge in [-0.25, -0.2) is 19.4 Å². The topological polar surface area (TPSA) is 52.6 Å². The molecule has 19 heavy (non-hydrogen) atoms. The van der Waals surface area contributed by atoms with E-state index in [-0.39, 0.29) is 0 Å². The lowest BCUT2D eigenvalue weighted by atomic mass is 9.92. The first kappa shape index (κ1) is 11.7. The molecule has 0 fully saturated rings. The first-order valence-electron chi connectivity index (χ1n) is 6.05. The van der Waals surface area contributed by atoms with Crippen LogP contribution in [0.25, 0.3) is 11.1 Å². The summed E-state index contributed by atoms with van der Waals surface area (Å²) in [4.78, 5) is 31.6. The van der Waals surface area contributed by atoms with Crippen LogP contribution in [0.5, 0.6) is 0 Å². The zero-order valence-electron chi connectivity index (χ0n) is 10.4. The van der Waals surface area contributed by atoms with Gasteiger partial charge in [0.1, 0.15) is 0 Å². The van der Waals surface area contributed by atoms with E-state index in [1.165, 1.54) is 6.92 Å². The third-order valence-electron chi connectivity index (χ3n) is 3.35. The second-order valence-electron chi connectivity index (χ2n) is 4.63. The lowest BCUT2D eigenvalue weighted by Gasteiger charge is -2.14. The van der Waals surface area contributed by atoms with Crippen LogP contribution in [0.2, 0.25) is 0 Å². The summed E-state index contributed by atoms with van der Waals surface area (Å²) in [5, 5.41) is 0. The molecule has 0 heterocycles. The molecule has 2 bridgehead atoms. The van der Waals surface area contributed by atoms with Gasteiger partial charge in [-0.1, -0.05) is 36.4 Å². The number of hydrogen-bond acceptors (Lipinski definition) is 4. The van der Waals surface area contributed by atoms with Gasteiger partial charge in [-0.2, -0.15) is 0 Å². The molecule has 0 saturated carbocycles. The van der Waals surface area contributed by atoms with Gasteiger partial charge in [0.15, 0.2) is 0 Å². The van der Waals surface area contributed by atoms with Crippen LogP contribution in [-0.4, -0.2) is 11.9 Å². The number of rotatable bonds is 1. The first-order chi connectivity index (χ1) is 9.15. The second kappa shape index (κ2) is 4.39. The molecule has 3 rings (SSSR count). The van der Waals surface area contributed by atoms with Gasteiger partial charge in [0, 0.05) is 6.92 Å². The number of fused-ring (bicyclic) bond motifs is 2. The highest BCUT2D eigenvalue weighted by atomic mass is 17.2. The van der Waals surface area contributed by atoms with Gasteiger partial charge in [-0.05, 0) is 28.7 Å². The average molecular weight is 256 g/mol. The van der Waals surface area contributed by atoms with Crippen LogP contribution < -0.4 is 0 Å². The maximum absolute atomic E-state index is 12.0.